The lowest BCUT2D eigenvalue weighted by Gasteiger charge is -2.18. The molecule has 0 spiro atoms. The van der Waals surface area contributed by atoms with Crippen molar-refractivity contribution in [3.05, 3.63) is 65.7 Å². The fourth-order valence-corrected chi connectivity index (χ4v) is 3.42. The Morgan fingerprint density at radius 2 is 1.97 bits per heavy atom. The zero-order valence-electron chi connectivity index (χ0n) is 15.7. The van der Waals surface area contributed by atoms with Gasteiger partial charge in [-0.1, -0.05) is 6.07 Å². The van der Waals surface area contributed by atoms with Gasteiger partial charge in [-0.3, -0.25) is 4.98 Å². The molecular formula is C21H19F2N3O3. The van der Waals surface area contributed by atoms with Gasteiger partial charge in [-0.15, -0.1) is 0 Å². The minimum Gasteiger partial charge on any atom is -0.494 e. The summed E-state index contributed by atoms with van der Waals surface area (Å²) in [5, 5.41) is 9.21. The summed E-state index contributed by atoms with van der Waals surface area (Å²) < 4.78 is 34.9. The van der Waals surface area contributed by atoms with Crippen LogP contribution >= 0.6 is 0 Å². The molecule has 0 unspecified atom stereocenters. The first-order valence-corrected chi connectivity index (χ1v) is 9.09. The van der Waals surface area contributed by atoms with Gasteiger partial charge >= 0.3 is 6.61 Å². The Morgan fingerprint density at radius 3 is 2.59 bits per heavy atom. The van der Waals surface area contributed by atoms with E-state index in [1.54, 1.807) is 18.3 Å². The number of aliphatic hydroxyl groups excluding tert-OH is 1. The van der Waals surface area contributed by atoms with Crippen molar-refractivity contribution in [1.82, 2.24) is 15.0 Å². The van der Waals surface area contributed by atoms with Crippen molar-refractivity contribution >= 4 is 0 Å². The van der Waals surface area contributed by atoms with E-state index in [0.717, 1.165) is 24.1 Å². The van der Waals surface area contributed by atoms with Crippen LogP contribution in [0, 0.1) is 0 Å². The van der Waals surface area contributed by atoms with Crippen LogP contribution in [-0.4, -0.2) is 33.8 Å². The lowest BCUT2D eigenvalue weighted by molar-refractivity contribution is -0.0528. The number of aromatic nitrogens is 3. The molecule has 0 amide bonds. The molecule has 29 heavy (non-hydrogen) atoms. The average molecular weight is 399 g/mol. The van der Waals surface area contributed by atoms with E-state index in [0.29, 0.717) is 22.7 Å². The van der Waals surface area contributed by atoms with Crippen LogP contribution in [0.3, 0.4) is 0 Å². The Morgan fingerprint density at radius 1 is 1.14 bits per heavy atom. The topological polar surface area (TPSA) is 77.4 Å². The number of rotatable bonds is 7. The maximum Gasteiger partial charge on any atom is 0.388 e. The van der Waals surface area contributed by atoms with E-state index >= 15 is 0 Å². The smallest absolute Gasteiger partial charge is 0.388 e. The summed E-state index contributed by atoms with van der Waals surface area (Å²) in [7, 11) is 1.53. The van der Waals surface area contributed by atoms with Gasteiger partial charge in [0, 0.05) is 29.4 Å². The quantitative estimate of drug-likeness (QED) is 0.653. The molecule has 6 nitrogen and oxygen atoms in total. The SMILES string of the molecule is COc1ccc(C2(c3ccc(CO)nc3)CC2)nc1-c1ccnc(OC(F)F)c1. The lowest BCUT2D eigenvalue weighted by Crippen LogP contribution is -2.12. The van der Waals surface area contributed by atoms with Crippen LogP contribution in [0.25, 0.3) is 11.3 Å². The third-order valence-corrected chi connectivity index (χ3v) is 5.08. The molecule has 1 saturated carbocycles. The van der Waals surface area contributed by atoms with Crippen LogP contribution in [0.15, 0.2) is 48.8 Å². The summed E-state index contributed by atoms with van der Waals surface area (Å²) in [6.07, 6.45) is 5.00. The van der Waals surface area contributed by atoms with Crippen molar-refractivity contribution in [2.75, 3.05) is 7.11 Å². The van der Waals surface area contributed by atoms with Crippen molar-refractivity contribution in [3.8, 4) is 22.9 Å². The number of hydrogen-bond acceptors (Lipinski definition) is 6. The van der Waals surface area contributed by atoms with E-state index in [9.17, 15) is 13.9 Å². The van der Waals surface area contributed by atoms with Gasteiger partial charge in [0.05, 0.1) is 25.1 Å². The van der Waals surface area contributed by atoms with Crippen LogP contribution in [0.5, 0.6) is 11.6 Å². The molecule has 3 aromatic heterocycles. The van der Waals surface area contributed by atoms with E-state index in [4.69, 9.17) is 9.72 Å². The average Bonchev–Trinajstić information content (AvgIpc) is 3.55. The van der Waals surface area contributed by atoms with E-state index in [2.05, 4.69) is 14.7 Å². The molecule has 0 atom stereocenters. The molecule has 150 valence electrons. The summed E-state index contributed by atoms with van der Waals surface area (Å²) >= 11 is 0. The Labute approximate surface area is 166 Å². The number of ether oxygens (including phenoxy) is 2. The summed E-state index contributed by atoms with van der Waals surface area (Å²) in [6.45, 7) is -3.06. The summed E-state index contributed by atoms with van der Waals surface area (Å²) in [5.41, 5.74) is 3.32. The third kappa shape index (κ3) is 3.75. The molecule has 0 radical (unpaired) electrons. The second-order valence-electron chi connectivity index (χ2n) is 6.79. The van der Waals surface area contributed by atoms with Gasteiger partial charge in [-0.25, -0.2) is 9.97 Å². The number of nitrogens with zero attached hydrogens (tertiary/aromatic N) is 3. The Balaban J connectivity index is 1.74. The second-order valence-corrected chi connectivity index (χ2v) is 6.79. The number of halogens is 2. The standard InChI is InChI=1S/C21H19F2N3O3/c1-28-16-4-5-17(21(7-8-21)14-2-3-15(12-27)25-11-14)26-19(16)13-6-9-24-18(10-13)29-20(22)23/h2-6,9-11,20,27H,7-8,12H2,1H3. The van der Waals surface area contributed by atoms with Crippen molar-refractivity contribution in [2.45, 2.75) is 31.5 Å². The molecule has 0 aliphatic heterocycles. The highest BCUT2D eigenvalue weighted by Gasteiger charge is 2.47. The zero-order chi connectivity index (χ0) is 20.4. The highest BCUT2D eigenvalue weighted by atomic mass is 19.3. The van der Waals surface area contributed by atoms with Gasteiger partial charge in [0.25, 0.3) is 0 Å². The Kier molecular flexibility index (Phi) is 5.10. The lowest BCUT2D eigenvalue weighted by atomic mass is 9.92. The van der Waals surface area contributed by atoms with Crippen molar-refractivity contribution < 1.29 is 23.4 Å². The van der Waals surface area contributed by atoms with Gasteiger partial charge in [-0.05, 0) is 42.7 Å². The first-order valence-electron chi connectivity index (χ1n) is 9.09. The molecular weight excluding hydrogens is 380 g/mol. The summed E-state index contributed by atoms with van der Waals surface area (Å²) in [5.74, 6) is 0.337. The monoisotopic (exact) mass is 399 g/mol. The molecule has 8 heteroatoms. The predicted octanol–water partition coefficient (Wildman–Crippen LogP) is 3.72. The summed E-state index contributed by atoms with van der Waals surface area (Å²) in [4.78, 5) is 12.9. The molecule has 4 rings (SSSR count). The minimum absolute atomic E-state index is 0.108. The first-order chi connectivity index (χ1) is 14.1. The number of aliphatic hydroxyl groups is 1. The van der Waals surface area contributed by atoms with Crippen molar-refractivity contribution in [3.63, 3.8) is 0 Å². The van der Waals surface area contributed by atoms with Crippen LogP contribution < -0.4 is 9.47 Å². The van der Waals surface area contributed by atoms with Gasteiger partial charge in [0.1, 0.15) is 11.4 Å². The molecule has 1 aliphatic carbocycles. The van der Waals surface area contributed by atoms with Crippen molar-refractivity contribution in [2.24, 2.45) is 0 Å². The van der Waals surface area contributed by atoms with Crippen LogP contribution in [-0.2, 0) is 12.0 Å². The number of alkyl halides is 2. The molecule has 3 heterocycles. The number of pyridine rings is 3. The second kappa shape index (κ2) is 7.71. The number of hydrogen-bond donors (Lipinski definition) is 1. The fraction of sp³-hybridized carbons (Fsp3) is 0.286. The maximum absolute atomic E-state index is 12.5. The molecule has 0 bridgehead atoms. The normalized spacial score (nSPS) is 14.7. The minimum atomic E-state index is -2.96. The summed E-state index contributed by atoms with van der Waals surface area (Å²) in [6, 6.07) is 10.6. The molecule has 3 aromatic rings. The third-order valence-electron chi connectivity index (χ3n) is 5.08. The fourth-order valence-electron chi connectivity index (χ4n) is 3.42. The highest BCUT2D eigenvalue weighted by Crippen LogP contribution is 2.53. The molecule has 1 N–H and O–H groups in total. The molecule has 0 aromatic carbocycles. The maximum atomic E-state index is 12.5. The Bertz CT molecular complexity index is 1010. The van der Waals surface area contributed by atoms with Crippen molar-refractivity contribution in [1.29, 1.82) is 0 Å². The highest BCUT2D eigenvalue weighted by molar-refractivity contribution is 5.67. The zero-order valence-corrected chi connectivity index (χ0v) is 15.7. The largest absolute Gasteiger partial charge is 0.494 e. The van der Waals surface area contributed by atoms with Crippen LogP contribution in [0.2, 0.25) is 0 Å². The molecule has 1 fully saturated rings. The Hall–Kier alpha value is -3.13. The van der Waals surface area contributed by atoms with Gasteiger partial charge < -0.3 is 14.6 Å². The van der Waals surface area contributed by atoms with Crippen LogP contribution in [0.4, 0.5) is 8.78 Å². The first kappa shape index (κ1) is 19.2. The van der Waals surface area contributed by atoms with Gasteiger partial charge in [0.15, 0.2) is 0 Å². The number of methoxy groups -OCH3 is 1. The van der Waals surface area contributed by atoms with E-state index in [1.165, 1.54) is 19.4 Å². The van der Waals surface area contributed by atoms with E-state index in [-0.39, 0.29) is 17.9 Å². The molecule has 1 aliphatic rings. The predicted molar refractivity (Wildman–Crippen MR) is 101 cm³/mol. The van der Waals surface area contributed by atoms with E-state index in [1.807, 2.05) is 18.2 Å². The van der Waals surface area contributed by atoms with E-state index < -0.39 is 6.61 Å². The molecule has 0 saturated heterocycles. The van der Waals surface area contributed by atoms with Gasteiger partial charge in [-0.2, -0.15) is 8.78 Å². The van der Waals surface area contributed by atoms with Gasteiger partial charge in [0.2, 0.25) is 5.88 Å². The van der Waals surface area contributed by atoms with Crippen LogP contribution in [0.1, 0.15) is 29.8 Å².